The minimum absolute atomic E-state index is 0.220. The Hall–Kier alpha value is -2.96. The van der Waals surface area contributed by atoms with Crippen LogP contribution in [-0.2, 0) is 41.4 Å². The maximum Gasteiger partial charge on any atom is 0.350 e. The third kappa shape index (κ3) is 2.22. The number of methoxy groups -OCH3 is 2. The van der Waals surface area contributed by atoms with Gasteiger partial charge in [0.25, 0.3) is 0 Å². The fourth-order valence-electron chi connectivity index (χ4n) is 4.66. The summed E-state index contributed by atoms with van der Waals surface area (Å²) in [4.78, 5) is 30.4. The van der Waals surface area contributed by atoms with Gasteiger partial charge in [0.15, 0.2) is 0 Å². The zero-order valence-corrected chi connectivity index (χ0v) is 15.5. The molecule has 0 unspecified atom stereocenters. The van der Waals surface area contributed by atoms with Crippen molar-refractivity contribution in [3.05, 3.63) is 82.9 Å². The number of hydrogen-bond acceptors (Lipinski definition) is 6. The number of ether oxygens (including phenoxy) is 2. The first-order valence-corrected chi connectivity index (χ1v) is 8.92. The van der Waals surface area contributed by atoms with E-state index in [0.717, 1.165) is 11.1 Å². The van der Waals surface area contributed by atoms with Crippen LogP contribution in [0.1, 0.15) is 28.2 Å². The molecule has 6 nitrogen and oxygen atoms in total. The van der Waals surface area contributed by atoms with Gasteiger partial charge in [-0.2, -0.15) is 0 Å². The van der Waals surface area contributed by atoms with E-state index in [1.807, 2.05) is 36.4 Å². The van der Waals surface area contributed by atoms with Crippen molar-refractivity contribution in [2.75, 3.05) is 14.2 Å². The van der Waals surface area contributed by atoms with Gasteiger partial charge >= 0.3 is 11.9 Å². The van der Waals surface area contributed by atoms with Gasteiger partial charge in [-0.1, -0.05) is 54.6 Å². The quantitative estimate of drug-likeness (QED) is 0.380. The Morgan fingerprint density at radius 2 is 1.68 bits per heavy atom. The lowest BCUT2D eigenvalue weighted by Gasteiger charge is -2.39. The van der Waals surface area contributed by atoms with Crippen molar-refractivity contribution >= 4 is 11.9 Å². The fourth-order valence-corrected chi connectivity index (χ4v) is 4.66. The van der Waals surface area contributed by atoms with Crippen molar-refractivity contribution in [1.29, 1.82) is 0 Å². The number of benzene rings is 2. The Balaban J connectivity index is 2.03. The SMILES string of the molecule is COC(=O)[C@]1(OO)C=C[C@@]2(C(=O)OC)c3c(cccc31)C[C@@H]2c1ccccc1. The molecule has 3 atom stereocenters. The molecule has 0 fully saturated rings. The van der Waals surface area contributed by atoms with E-state index in [0.29, 0.717) is 17.5 Å². The molecule has 6 heteroatoms. The molecule has 0 radical (unpaired) electrons. The van der Waals surface area contributed by atoms with Gasteiger partial charge in [-0.3, -0.25) is 4.79 Å². The van der Waals surface area contributed by atoms with Crippen LogP contribution < -0.4 is 0 Å². The number of carbonyl (C=O) groups excluding carboxylic acids is 2. The van der Waals surface area contributed by atoms with Gasteiger partial charge in [0.1, 0.15) is 5.41 Å². The summed E-state index contributed by atoms with van der Waals surface area (Å²) in [7, 11) is 2.56. The van der Waals surface area contributed by atoms with Crippen LogP contribution in [0.15, 0.2) is 60.7 Å². The molecule has 2 aromatic rings. The van der Waals surface area contributed by atoms with Gasteiger partial charge in [0.05, 0.1) is 14.2 Å². The molecule has 0 aromatic heterocycles. The van der Waals surface area contributed by atoms with Crippen LogP contribution in [0.25, 0.3) is 0 Å². The second kappa shape index (κ2) is 6.58. The van der Waals surface area contributed by atoms with Gasteiger partial charge in [-0.05, 0) is 29.2 Å². The summed E-state index contributed by atoms with van der Waals surface area (Å²) in [5.74, 6) is -1.43. The number of hydrogen-bond donors (Lipinski definition) is 1. The third-order valence-corrected chi connectivity index (χ3v) is 5.88. The number of carbonyl (C=O) groups is 2. The van der Waals surface area contributed by atoms with Crippen LogP contribution in [0.4, 0.5) is 0 Å². The molecular formula is C22H20O6. The number of rotatable bonds is 4. The predicted molar refractivity (Wildman–Crippen MR) is 99.6 cm³/mol. The second-order valence-corrected chi connectivity index (χ2v) is 7.02. The van der Waals surface area contributed by atoms with E-state index in [1.165, 1.54) is 20.3 Å². The fraction of sp³-hybridized carbons (Fsp3) is 0.273. The van der Waals surface area contributed by atoms with E-state index in [4.69, 9.17) is 9.47 Å². The van der Waals surface area contributed by atoms with Gasteiger partial charge in [0, 0.05) is 11.5 Å². The lowest BCUT2D eigenvalue weighted by atomic mass is 9.65. The highest BCUT2D eigenvalue weighted by atomic mass is 17.1. The molecule has 1 N–H and O–H groups in total. The molecule has 2 aromatic carbocycles. The molecule has 0 heterocycles. The average Bonchev–Trinajstić information content (AvgIpc) is 3.11. The summed E-state index contributed by atoms with van der Waals surface area (Å²) in [5, 5.41) is 9.68. The van der Waals surface area contributed by atoms with Gasteiger partial charge in [-0.25, -0.2) is 14.9 Å². The van der Waals surface area contributed by atoms with Gasteiger partial charge in [0.2, 0.25) is 5.60 Å². The molecular weight excluding hydrogens is 360 g/mol. The Morgan fingerprint density at radius 1 is 0.964 bits per heavy atom. The highest BCUT2D eigenvalue weighted by Gasteiger charge is 2.60. The van der Waals surface area contributed by atoms with Crippen molar-refractivity contribution < 1.29 is 29.2 Å². The average molecular weight is 380 g/mol. The first-order chi connectivity index (χ1) is 13.5. The monoisotopic (exact) mass is 380 g/mol. The largest absolute Gasteiger partial charge is 0.468 e. The Morgan fingerprint density at radius 3 is 2.32 bits per heavy atom. The van der Waals surface area contributed by atoms with Crippen LogP contribution in [0.5, 0.6) is 0 Å². The molecule has 144 valence electrons. The van der Waals surface area contributed by atoms with Crippen molar-refractivity contribution in [1.82, 2.24) is 0 Å². The minimum Gasteiger partial charge on any atom is -0.468 e. The van der Waals surface area contributed by atoms with Crippen molar-refractivity contribution in [2.24, 2.45) is 0 Å². The molecule has 0 bridgehead atoms. The Labute approximate surface area is 162 Å². The van der Waals surface area contributed by atoms with Crippen LogP contribution >= 0.6 is 0 Å². The summed E-state index contributed by atoms with van der Waals surface area (Å²) in [6.07, 6.45) is 3.58. The van der Waals surface area contributed by atoms with Crippen molar-refractivity contribution in [3.63, 3.8) is 0 Å². The Kier molecular flexibility index (Phi) is 4.33. The zero-order valence-electron chi connectivity index (χ0n) is 15.5. The standard InChI is InChI=1S/C22H20O6/c1-26-19(23)21-11-12-22(28-25,20(24)27-2)16-10-6-9-15(18(16)21)13-17(21)14-7-4-3-5-8-14/h3-12,17,25H,13H2,1-2H3/t17-,21+,22+/m1/s1. The number of esters is 2. The lowest BCUT2D eigenvalue weighted by Crippen LogP contribution is -2.47. The van der Waals surface area contributed by atoms with Gasteiger partial charge < -0.3 is 9.47 Å². The summed E-state index contributed by atoms with van der Waals surface area (Å²) < 4.78 is 10.1. The molecule has 0 spiro atoms. The minimum atomic E-state index is -1.83. The van der Waals surface area contributed by atoms with Crippen molar-refractivity contribution in [3.8, 4) is 0 Å². The molecule has 2 aliphatic rings. The molecule has 0 saturated carbocycles. The van der Waals surface area contributed by atoms with E-state index in [2.05, 4.69) is 4.89 Å². The summed E-state index contributed by atoms with van der Waals surface area (Å²) >= 11 is 0. The first-order valence-electron chi connectivity index (χ1n) is 8.92. The molecule has 2 aliphatic carbocycles. The van der Waals surface area contributed by atoms with Crippen LogP contribution in [0, 0.1) is 0 Å². The summed E-state index contributed by atoms with van der Waals surface area (Å²) in [6, 6.07) is 15.1. The van der Waals surface area contributed by atoms with E-state index < -0.39 is 23.0 Å². The second-order valence-electron chi connectivity index (χ2n) is 7.02. The maximum atomic E-state index is 13.1. The summed E-state index contributed by atoms with van der Waals surface area (Å²) in [5.41, 5.74) is -0.0775. The smallest absolute Gasteiger partial charge is 0.350 e. The topological polar surface area (TPSA) is 82.1 Å². The van der Waals surface area contributed by atoms with Crippen LogP contribution in [-0.4, -0.2) is 31.4 Å². The lowest BCUT2D eigenvalue weighted by molar-refractivity contribution is -0.309. The molecule has 0 amide bonds. The third-order valence-electron chi connectivity index (χ3n) is 5.88. The van der Waals surface area contributed by atoms with E-state index in [1.54, 1.807) is 18.2 Å². The van der Waals surface area contributed by atoms with Crippen molar-refractivity contribution in [2.45, 2.75) is 23.4 Å². The Bertz CT molecular complexity index is 966. The van der Waals surface area contributed by atoms with Gasteiger partial charge in [-0.15, -0.1) is 0 Å². The molecule has 0 saturated heterocycles. The summed E-state index contributed by atoms with van der Waals surface area (Å²) in [6.45, 7) is 0. The van der Waals surface area contributed by atoms with Crippen LogP contribution in [0.3, 0.4) is 0 Å². The highest BCUT2D eigenvalue weighted by Crippen LogP contribution is 2.56. The van der Waals surface area contributed by atoms with E-state index >= 15 is 0 Å². The highest BCUT2D eigenvalue weighted by molar-refractivity contribution is 5.95. The predicted octanol–water partition coefficient (Wildman–Crippen LogP) is 2.87. The van der Waals surface area contributed by atoms with E-state index in [-0.39, 0.29) is 5.92 Å². The maximum absolute atomic E-state index is 13.1. The first kappa shape index (κ1) is 18.4. The molecule has 0 aliphatic heterocycles. The normalized spacial score (nSPS) is 27.2. The van der Waals surface area contributed by atoms with Crippen LogP contribution in [0.2, 0.25) is 0 Å². The molecule has 28 heavy (non-hydrogen) atoms. The zero-order chi connectivity index (χ0) is 19.9. The van der Waals surface area contributed by atoms with E-state index in [9.17, 15) is 14.8 Å². The molecule has 4 rings (SSSR count).